The zero-order valence-electron chi connectivity index (χ0n) is 14.3. The topological polar surface area (TPSA) is 45.8 Å². The van der Waals surface area contributed by atoms with Crippen LogP contribution in [-0.4, -0.2) is 95.1 Å². The van der Waals surface area contributed by atoms with Crippen LogP contribution in [0.3, 0.4) is 0 Å². The predicted octanol–water partition coefficient (Wildman–Crippen LogP) is -0.393. The maximum absolute atomic E-state index is 3.24. The molecule has 0 spiro atoms. The lowest BCUT2D eigenvalue weighted by Crippen LogP contribution is -2.55. The maximum atomic E-state index is 3.24. The van der Waals surface area contributed by atoms with Gasteiger partial charge in [0.1, 0.15) is 0 Å². The summed E-state index contributed by atoms with van der Waals surface area (Å²) in [5, 5.41) is 9.73. The van der Waals surface area contributed by atoms with E-state index >= 15 is 0 Å². The van der Waals surface area contributed by atoms with E-state index in [4.69, 9.17) is 0 Å². The number of hydrogen-bond acceptors (Lipinski definition) is 6. The molecule has 0 aromatic heterocycles. The first-order valence-electron chi connectivity index (χ1n) is 8.41. The summed E-state index contributed by atoms with van der Waals surface area (Å²) in [5.74, 6) is 0. The first-order valence-corrected chi connectivity index (χ1v) is 8.41. The summed E-state index contributed by atoms with van der Waals surface area (Å²) < 4.78 is 0. The van der Waals surface area contributed by atoms with Crippen LogP contribution in [0.1, 0.15) is 19.3 Å². The fourth-order valence-electron chi connectivity index (χ4n) is 2.85. The van der Waals surface area contributed by atoms with Crippen LogP contribution in [0.5, 0.6) is 0 Å². The third-order valence-electron chi connectivity index (χ3n) is 3.90. The lowest BCUT2D eigenvalue weighted by molar-refractivity contribution is -0.0301. The van der Waals surface area contributed by atoms with E-state index in [9.17, 15) is 0 Å². The number of nitrogens with one attached hydrogen (secondary N) is 3. The zero-order chi connectivity index (χ0) is 15.3. The lowest BCUT2D eigenvalue weighted by Gasteiger charge is -2.42. The summed E-state index contributed by atoms with van der Waals surface area (Å²) in [4.78, 5) is 7.75. The van der Waals surface area contributed by atoms with Gasteiger partial charge in [0.2, 0.25) is 0 Å². The Kier molecular flexibility index (Phi) is 11.0. The molecule has 0 radical (unpaired) electrons. The second-order valence-electron chi connectivity index (χ2n) is 5.98. The normalized spacial score (nSPS) is 18.4. The molecule has 0 unspecified atom stereocenters. The highest BCUT2D eigenvalue weighted by Crippen LogP contribution is 2.09. The van der Waals surface area contributed by atoms with Crippen LogP contribution in [0.25, 0.3) is 0 Å². The van der Waals surface area contributed by atoms with E-state index in [-0.39, 0.29) is 0 Å². The van der Waals surface area contributed by atoms with Crippen LogP contribution in [-0.2, 0) is 0 Å². The SMILES string of the molecule is CNCCCN1CN(CCCNC)CN(CCCNC)C1. The van der Waals surface area contributed by atoms with E-state index in [1.165, 1.54) is 38.9 Å². The number of nitrogens with zero attached hydrogens (tertiary/aromatic N) is 3. The van der Waals surface area contributed by atoms with E-state index in [0.29, 0.717) is 0 Å². The smallest absolute Gasteiger partial charge is 0.0530 e. The van der Waals surface area contributed by atoms with Crippen LogP contribution < -0.4 is 16.0 Å². The molecule has 6 nitrogen and oxygen atoms in total. The Hall–Kier alpha value is -0.240. The van der Waals surface area contributed by atoms with Gasteiger partial charge in [0, 0.05) is 19.6 Å². The molecular weight excluding hydrogens is 264 g/mol. The molecule has 0 atom stereocenters. The largest absolute Gasteiger partial charge is 0.320 e. The fraction of sp³-hybridized carbons (Fsp3) is 1.00. The Labute approximate surface area is 131 Å². The highest BCUT2D eigenvalue weighted by atomic mass is 15.5. The van der Waals surface area contributed by atoms with Gasteiger partial charge in [-0.3, -0.25) is 14.7 Å². The first kappa shape index (κ1) is 18.8. The van der Waals surface area contributed by atoms with E-state index in [0.717, 1.165) is 39.6 Å². The van der Waals surface area contributed by atoms with Crippen molar-refractivity contribution in [1.29, 1.82) is 0 Å². The summed E-state index contributed by atoms with van der Waals surface area (Å²) in [7, 11) is 6.10. The Morgan fingerprint density at radius 3 is 1.10 bits per heavy atom. The zero-order valence-corrected chi connectivity index (χ0v) is 14.3. The Balaban J connectivity index is 2.35. The molecule has 126 valence electrons. The average Bonchev–Trinajstić information content (AvgIpc) is 2.48. The Bertz CT molecular complexity index is 194. The minimum Gasteiger partial charge on any atom is -0.320 e. The molecule has 0 bridgehead atoms. The van der Waals surface area contributed by atoms with E-state index in [1.807, 2.05) is 21.1 Å². The second-order valence-corrected chi connectivity index (χ2v) is 5.98. The summed E-state index contributed by atoms with van der Waals surface area (Å²) in [6.45, 7) is 10.2. The Morgan fingerprint density at radius 2 is 0.857 bits per heavy atom. The van der Waals surface area contributed by atoms with Crippen molar-refractivity contribution in [2.24, 2.45) is 0 Å². The summed E-state index contributed by atoms with van der Waals surface area (Å²) in [6.07, 6.45) is 3.68. The Morgan fingerprint density at radius 1 is 0.571 bits per heavy atom. The average molecular weight is 300 g/mol. The molecule has 0 aromatic carbocycles. The third kappa shape index (κ3) is 8.70. The second kappa shape index (κ2) is 12.3. The molecule has 1 saturated heterocycles. The van der Waals surface area contributed by atoms with E-state index < -0.39 is 0 Å². The van der Waals surface area contributed by atoms with Crippen LogP contribution in [0, 0.1) is 0 Å². The molecule has 1 fully saturated rings. The molecule has 1 aliphatic rings. The van der Waals surface area contributed by atoms with Crippen LogP contribution >= 0.6 is 0 Å². The van der Waals surface area contributed by atoms with Gasteiger partial charge in [-0.05, 0) is 60.0 Å². The van der Waals surface area contributed by atoms with Crippen molar-refractivity contribution in [3.63, 3.8) is 0 Å². The predicted molar refractivity (Wildman–Crippen MR) is 90.4 cm³/mol. The quantitative estimate of drug-likeness (QED) is 0.427. The van der Waals surface area contributed by atoms with Crippen LogP contribution in [0.15, 0.2) is 0 Å². The van der Waals surface area contributed by atoms with Gasteiger partial charge in [-0.15, -0.1) is 0 Å². The highest BCUT2D eigenvalue weighted by molar-refractivity contribution is 4.70. The molecule has 1 heterocycles. The molecule has 6 heteroatoms. The lowest BCUT2D eigenvalue weighted by atomic mass is 10.3. The van der Waals surface area contributed by atoms with Gasteiger partial charge < -0.3 is 16.0 Å². The van der Waals surface area contributed by atoms with Gasteiger partial charge in [0.15, 0.2) is 0 Å². The first-order chi connectivity index (χ1) is 10.3. The van der Waals surface area contributed by atoms with Gasteiger partial charge in [0.25, 0.3) is 0 Å². The van der Waals surface area contributed by atoms with Gasteiger partial charge in [-0.2, -0.15) is 0 Å². The molecule has 1 rings (SSSR count). The molecule has 0 saturated carbocycles. The van der Waals surface area contributed by atoms with Crippen molar-refractivity contribution in [1.82, 2.24) is 30.7 Å². The molecule has 3 N–H and O–H groups in total. The maximum Gasteiger partial charge on any atom is 0.0530 e. The number of hydrogen-bond donors (Lipinski definition) is 3. The highest BCUT2D eigenvalue weighted by Gasteiger charge is 2.22. The molecule has 0 amide bonds. The van der Waals surface area contributed by atoms with E-state index in [2.05, 4.69) is 30.7 Å². The van der Waals surface area contributed by atoms with Crippen LogP contribution in [0.4, 0.5) is 0 Å². The van der Waals surface area contributed by atoms with Crippen molar-refractivity contribution >= 4 is 0 Å². The van der Waals surface area contributed by atoms with Crippen molar-refractivity contribution in [2.75, 3.05) is 80.4 Å². The van der Waals surface area contributed by atoms with Crippen molar-refractivity contribution < 1.29 is 0 Å². The molecule has 0 aromatic rings. The fourth-order valence-corrected chi connectivity index (χ4v) is 2.85. The standard InChI is InChI=1S/C15H36N6/c1-16-7-4-10-19-13-20(11-5-8-17-2)15-21(14-19)12-6-9-18-3/h16-18H,4-15H2,1-3H3. The van der Waals surface area contributed by atoms with Crippen molar-refractivity contribution in [2.45, 2.75) is 19.3 Å². The van der Waals surface area contributed by atoms with E-state index in [1.54, 1.807) is 0 Å². The summed E-state index contributed by atoms with van der Waals surface area (Å²) in [6, 6.07) is 0. The van der Waals surface area contributed by atoms with Crippen molar-refractivity contribution in [3.05, 3.63) is 0 Å². The molecule has 0 aliphatic carbocycles. The summed E-state index contributed by atoms with van der Waals surface area (Å²) >= 11 is 0. The van der Waals surface area contributed by atoms with Gasteiger partial charge in [-0.25, -0.2) is 0 Å². The minimum absolute atomic E-state index is 1.11. The van der Waals surface area contributed by atoms with Crippen LogP contribution in [0.2, 0.25) is 0 Å². The third-order valence-corrected chi connectivity index (χ3v) is 3.90. The summed E-state index contributed by atoms with van der Waals surface area (Å²) in [5.41, 5.74) is 0. The number of rotatable bonds is 12. The van der Waals surface area contributed by atoms with Crippen molar-refractivity contribution in [3.8, 4) is 0 Å². The van der Waals surface area contributed by atoms with Gasteiger partial charge >= 0.3 is 0 Å². The molecule has 1 aliphatic heterocycles. The minimum atomic E-state index is 1.11. The molecular formula is C15H36N6. The monoisotopic (exact) mass is 300 g/mol. The van der Waals surface area contributed by atoms with Gasteiger partial charge in [0.05, 0.1) is 20.0 Å². The molecule has 21 heavy (non-hydrogen) atoms. The van der Waals surface area contributed by atoms with Gasteiger partial charge in [-0.1, -0.05) is 0 Å².